The molecule has 0 unspecified atom stereocenters. The summed E-state index contributed by atoms with van der Waals surface area (Å²) in [6.07, 6.45) is 1.12. The minimum absolute atomic E-state index is 0. The van der Waals surface area contributed by atoms with Gasteiger partial charge in [-0.25, -0.2) is 0 Å². The van der Waals surface area contributed by atoms with Crippen LogP contribution in [0.2, 0.25) is 0 Å². The lowest BCUT2D eigenvalue weighted by Gasteiger charge is -2.10. The van der Waals surface area contributed by atoms with Crippen molar-refractivity contribution in [2.75, 3.05) is 27.2 Å². The molecule has 0 bridgehead atoms. The summed E-state index contributed by atoms with van der Waals surface area (Å²) in [7, 11) is 4.19. The van der Waals surface area contributed by atoms with Gasteiger partial charge in [-0.15, -0.1) is 24.8 Å². The molecule has 0 aliphatic carbocycles. The minimum Gasteiger partial charge on any atom is -0.311 e. The van der Waals surface area contributed by atoms with Gasteiger partial charge in [0, 0.05) is 19.6 Å². The van der Waals surface area contributed by atoms with E-state index in [1.165, 1.54) is 11.1 Å². The standard InChI is InChI=1S/C13H22N2.2ClH/c1-4-12-5-7-13(8-6-12)11-14-9-10-15(2)3;;/h5-8,14H,4,9-11H2,1-3H3;2*1H. The van der Waals surface area contributed by atoms with Crippen LogP contribution >= 0.6 is 24.8 Å². The summed E-state index contributed by atoms with van der Waals surface area (Å²) < 4.78 is 0. The molecule has 0 saturated carbocycles. The van der Waals surface area contributed by atoms with Crippen LogP contribution in [0, 0.1) is 0 Å². The van der Waals surface area contributed by atoms with Crippen LogP contribution in [0.1, 0.15) is 18.1 Å². The van der Waals surface area contributed by atoms with Gasteiger partial charge in [-0.1, -0.05) is 31.2 Å². The van der Waals surface area contributed by atoms with Crippen LogP contribution in [-0.4, -0.2) is 32.1 Å². The average molecular weight is 279 g/mol. The summed E-state index contributed by atoms with van der Waals surface area (Å²) >= 11 is 0. The van der Waals surface area contributed by atoms with Gasteiger partial charge in [0.05, 0.1) is 0 Å². The Bertz CT molecular complexity index is 273. The number of nitrogens with one attached hydrogen (secondary N) is 1. The Morgan fingerprint density at radius 2 is 1.53 bits per heavy atom. The van der Waals surface area contributed by atoms with E-state index in [4.69, 9.17) is 0 Å². The van der Waals surface area contributed by atoms with Gasteiger partial charge in [0.1, 0.15) is 0 Å². The molecule has 0 radical (unpaired) electrons. The van der Waals surface area contributed by atoms with Crippen LogP contribution in [0.15, 0.2) is 24.3 Å². The summed E-state index contributed by atoms with van der Waals surface area (Å²) in [5.41, 5.74) is 2.78. The first-order valence-electron chi connectivity index (χ1n) is 5.65. The Kier molecular flexibility index (Phi) is 12.2. The molecule has 1 N–H and O–H groups in total. The van der Waals surface area contributed by atoms with Crippen molar-refractivity contribution >= 4 is 24.8 Å². The summed E-state index contributed by atoms with van der Waals surface area (Å²) in [6, 6.07) is 8.84. The quantitative estimate of drug-likeness (QED) is 0.805. The van der Waals surface area contributed by atoms with Crippen LogP contribution in [-0.2, 0) is 13.0 Å². The second-order valence-corrected chi connectivity index (χ2v) is 4.15. The zero-order valence-electron chi connectivity index (χ0n) is 10.9. The molecule has 2 nitrogen and oxygen atoms in total. The molecule has 1 aromatic carbocycles. The highest BCUT2D eigenvalue weighted by atomic mass is 35.5. The maximum atomic E-state index is 3.43. The molecule has 0 heterocycles. The number of halogens is 2. The first kappa shape index (κ1) is 19.1. The third-order valence-electron chi connectivity index (χ3n) is 2.50. The van der Waals surface area contributed by atoms with E-state index in [0.29, 0.717) is 0 Å². The lowest BCUT2D eigenvalue weighted by molar-refractivity contribution is 0.400. The SMILES string of the molecule is CCc1ccc(CNCCN(C)C)cc1.Cl.Cl. The highest BCUT2D eigenvalue weighted by Gasteiger charge is 1.94. The van der Waals surface area contributed by atoms with Crippen LogP contribution in [0.4, 0.5) is 0 Å². The molecule has 1 aromatic rings. The Morgan fingerprint density at radius 1 is 1.00 bits per heavy atom. The Balaban J connectivity index is 0. The predicted octanol–water partition coefficient (Wildman–Crippen LogP) is 2.74. The highest BCUT2D eigenvalue weighted by Crippen LogP contribution is 2.04. The molecule has 1 rings (SSSR count). The van der Waals surface area contributed by atoms with Crippen molar-refractivity contribution in [3.8, 4) is 0 Å². The third-order valence-corrected chi connectivity index (χ3v) is 2.50. The van der Waals surface area contributed by atoms with Gasteiger partial charge in [0.15, 0.2) is 0 Å². The number of likely N-dealkylation sites (N-methyl/N-ethyl adjacent to an activating group) is 1. The molecule has 17 heavy (non-hydrogen) atoms. The largest absolute Gasteiger partial charge is 0.311 e. The van der Waals surface area contributed by atoms with Crippen LogP contribution in [0.25, 0.3) is 0 Å². The second-order valence-electron chi connectivity index (χ2n) is 4.15. The number of benzene rings is 1. The lowest BCUT2D eigenvalue weighted by Crippen LogP contribution is -2.26. The molecular formula is C13H24Cl2N2. The summed E-state index contributed by atoms with van der Waals surface area (Å²) in [5.74, 6) is 0. The molecule has 0 aliphatic rings. The molecule has 0 spiro atoms. The van der Waals surface area contributed by atoms with Crippen molar-refractivity contribution in [2.45, 2.75) is 19.9 Å². The number of nitrogens with zero attached hydrogens (tertiary/aromatic N) is 1. The van der Waals surface area contributed by atoms with Gasteiger partial charge in [-0.2, -0.15) is 0 Å². The van der Waals surface area contributed by atoms with Crippen molar-refractivity contribution in [2.24, 2.45) is 0 Å². The van der Waals surface area contributed by atoms with E-state index in [2.05, 4.69) is 55.5 Å². The van der Waals surface area contributed by atoms with Crippen molar-refractivity contribution in [3.63, 3.8) is 0 Å². The fraction of sp³-hybridized carbons (Fsp3) is 0.538. The Hall–Kier alpha value is -0.280. The average Bonchev–Trinajstić information content (AvgIpc) is 2.25. The van der Waals surface area contributed by atoms with Crippen LogP contribution in [0.5, 0.6) is 0 Å². The van der Waals surface area contributed by atoms with Gasteiger partial charge in [-0.3, -0.25) is 0 Å². The molecule has 0 saturated heterocycles. The summed E-state index contributed by atoms with van der Waals surface area (Å²) in [4.78, 5) is 2.19. The van der Waals surface area contributed by atoms with E-state index in [-0.39, 0.29) is 24.8 Å². The molecule has 0 aromatic heterocycles. The monoisotopic (exact) mass is 278 g/mol. The fourth-order valence-corrected chi connectivity index (χ4v) is 1.43. The number of hydrogen-bond acceptors (Lipinski definition) is 2. The smallest absolute Gasteiger partial charge is 0.0206 e. The van der Waals surface area contributed by atoms with Crippen LogP contribution < -0.4 is 5.32 Å². The molecule has 0 aliphatic heterocycles. The van der Waals surface area contributed by atoms with Gasteiger partial charge in [-0.05, 0) is 31.6 Å². The van der Waals surface area contributed by atoms with E-state index < -0.39 is 0 Å². The summed E-state index contributed by atoms with van der Waals surface area (Å²) in [5, 5.41) is 3.43. The van der Waals surface area contributed by atoms with Crippen molar-refractivity contribution in [3.05, 3.63) is 35.4 Å². The van der Waals surface area contributed by atoms with E-state index in [1.807, 2.05) is 0 Å². The minimum atomic E-state index is 0. The Labute approximate surface area is 118 Å². The lowest BCUT2D eigenvalue weighted by atomic mass is 10.1. The number of rotatable bonds is 6. The summed E-state index contributed by atoms with van der Waals surface area (Å²) in [6.45, 7) is 5.29. The molecule has 100 valence electrons. The topological polar surface area (TPSA) is 15.3 Å². The van der Waals surface area contributed by atoms with Crippen molar-refractivity contribution < 1.29 is 0 Å². The second kappa shape index (κ2) is 10.8. The molecular weight excluding hydrogens is 255 g/mol. The first-order chi connectivity index (χ1) is 7.22. The van der Waals surface area contributed by atoms with Gasteiger partial charge in [0.2, 0.25) is 0 Å². The zero-order chi connectivity index (χ0) is 11.1. The van der Waals surface area contributed by atoms with Crippen molar-refractivity contribution in [1.82, 2.24) is 10.2 Å². The zero-order valence-corrected chi connectivity index (χ0v) is 12.5. The third kappa shape index (κ3) is 8.44. The number of aryl methyl sites for hydroxylation is 1. The molecule has 0 fully saturated rings. The fourth-order valence-electron chi connectivity index (χ4n) is 1.43. The van der Waals surface area contributed by atoms with Crippen LogP contribution in [0.3, 0.4) is 0 Å². The maximum absolute atomic E-state index is 3.43. The molecule has 0 atom stereocenters. The number of hydrogen-bond donors (Lipinski definition) is 1. The van der Waals surface area contributed by atoms with Gasteiger partial charge >= 0.3 is 0 Å². The van der Waals surface area contributed by atoms with E-state index >= 15 is 0 Å². The predicted molar refractivity (Wildman–Crippen MR) is 80.6 cm³/mol. The Morgan fingerprint density at radius 3 is 2.00 bits per heavy atom. The van der Waals surface area contributed by atoms with Gasteiger partial charge in [0.25, 0.3) is 0 Å². The highest BCUT2D eigenvalue weighted by molar-refractivity contribution is 5.85. The maximum Gasteiger partial charge on any atom is 0.0206 e. The van der Waals surface area contributed by atoms with Gasteiger partial charge < -0.3 is 10.2 Å². The van der Waals surface area contributed by atoms with E-state index in [0.717, 1.165) is 26.1 Å². The van der Waals surface area contributed by atoms with E-state index in [1.54, 1.807) is 0 Å². The molecule has 0 amide bonds. The normalized spacial score (nSPS) is 9.65. The van der Waals surface area contributed by atoms with Crippen molar-refractivity contribution in [1.29, 1.82) is 0 Å². The molecule has 4 heteroatoms. The first-order valence-corrected chi connectivity index (χ1v) is 5.65. The van der Waals surface area contributed by atoms with E-state index in [9.17, 15) is 0 Å².